The van der Waals surface area contributed by atoms with Crippen LogP contribution < -0.4 is 5.32 Å². The maximum absolute atomic E-state index is 14.0. The average Bonchev–Trinajstić information content (AvgIpc) is 3.19. The number of rotatable bonds is 8. The van der Waals surface area contributed by atoms with Gasteiger partial charge in [0.15, 0.2) is 0 Å². The predicted octanol–water partition coefficient (Wildman–Crippen LogP) is 3.96. The quantitative estimate of drug-likeness (QED) is 0.468. The summed E-state index contributed by atoms with van der Waals surface area (Å²) in [4.78, 5) is 1.52. The molecule has 0 amide bonds. The fourth-order valence-corrected chi connectivity index (χ4v) is 3.29. The Labute approximate surface area is 174 Å². The van der Waals surface area contributed by atoms with E-state index in [1.165, 1.54) is 10.9 Å². The van der Waals surface area contributed by atoms with Gasteiger partial charge in [-0.1, -0.05) is 78.9 Å². The summed E-state index contributed by atoms with van der Waals surface area (Å²) >= 11 is 0. The SMILES string of the molecule is O[C@@H](CNCc1nn(Cc2ccccc2F)nc1-c1ccccc1)c1ccccc1. The van der Waals surface area contributed by atoms with Crippen LogP contribution in [-0.4, -0.2) is 26.6 Å². The Kier molecular flexibility index (Phi) is 6.27. The van der Waals surface area contributed by atoms with Gasteiger partial charge in [0.1, 0.15) is 17.2 Å². The molecule has 0 aliphatic heterocycles. The van der Waals surface area contributed by atoms with Crippen LogP contribution in [0.1, 0.15) is 22.9 Å². The van der Waals surface area contributed by atoms with Crippen molar-refractivity contribution >= 4 is 0 Å². The van der Waals surface area contributed by atoms with Crippen LogP contribution in [-0.2, 0) is 13.1 Å². The lowest BCUT2D eigenvalue weighted by Crippen LogP contribution is -2.21. The van der Waals surface area contributed by atoms with E-state index in [2.05, 4.69) is 15.5 Å². The number of aromatic nitrogens is 3. The van der Waals surface area contributed by atoms with E-state index in [9.17, 15) is 9.50 Å². The van der Waals surface area contributed by atoms with Gasteiger partial charge in [-0.2, -0.15) is 15.0 Å². The zero-order chi connectivity index (χ0) is 20.8. The molecule has 0 saturated carbocycles. The lowest BCUT2D eigenvalue weighted by Gasteiger charge is -2.11. The molecule has 4 aromatic rings. The highest BCUT2D eigenvalue weighted by Crippen LogP contribution is 2.21. The van der Waals surface area contributed by atoms with Crippen molar-refractivity contribution < 1.29 is 9.50 Å². The Morgan fingerprint density at radius 1 is 0.867 bits per heavy atom. The van der Waals surface area contributed by atoms with Gasteiger partial charge in [-0.15, -0.1) is 0 Å². The predicted molar refractivity (Wildman–Crippen MR) is 114 cm³/mol. The first-order valence-corrected chi connectivity index (χ1v) is 9.87. The van der Waals surface area contributed by atoms with Crippen LogP contribution in [0.25, 0.3) is 11.3 Å². The molecule has 6 heteroatoms. The normalized spacial score (nSPS) is 12.1. The molecule has 0 unspecified atom stereocenters. The number of halogens is 1. The van der Waals surface area contributed by atoms with E-state index in [1.807, 2.05) is 60.7 Å². The second-order valence-electron chi connectivity index (χ2n) is 7.04. The Balaban J connectivity index is 1.52. The first-order chi connectivity index (χ1) is 14.7. The van der Waals surface area contributed by atoms with Crippen LogP contribution in [0.4, 0.5) is 4.39 Å². The lowest BCUT2D eigenvalue weighted by atomic mass is 10.1. The summed E-state index contributed by atoms with van der Waals surface area (Å²) in [6, 6.07) is 25.9. The van der Waals surface area contributed by atoms with Crippen molar-refractivity contribution in [2.45, 2.75) is 19.2 Å². The number of aliphatic hydroxyl groups is 1. The minimum absolute atomic E-state index is 0.249. The largest absolute Gasteiger partial charge is 0.387 e. The Hall–Kier alpha value is -3.35. The second-order valence-corrected chi connectivity index (χ2v) is 7.04. The van der Waals surface area contributed by atoms with Crippen LogP contribution in [0.15, 0.2) is 84.9 Å². The van der Waals surface area contributed by atoms with Gasteiger partial charge < -0.3 is 10.4 Å². The molecular formula is C24H23FN4O. The van der Waals surface area contributed by atoms with Gasteiger partial charge in [0, 0.05) is 24.2 Å². The molecule has 0 fully saturated rings. The maximum Gasteiger partial charge on any atom is 0.128 e. The molecular weight excluding hydrogens is 379 g/mol. The zero-order valence-electron chi connectivity index (χ0n) is 16.4. The number of hydrogen-bond donors (Lipinski definition) is 2. The number of nitrogens with zero attached hydrogens (tertiary/aromatic N) is 3. The molecule has 0 aliphatic carbocycles. The molecule has 0 spiro atoms. The molecule has 3 aromatic carbocycles. The third kappa shape index (κ3) is 4.79. The van der Waals surface area contributed by atoms with Crippen LogP contribution in [0.5, 0.6) is 0 Å². The number of benzene rings is 3. The first-order valence-electron chi connectivity index (χ1n) is 9.87. The van der Waals surface area contributed by atoms with E-state index < -0.39 is 6.10 Å². The monoisotopic (exact) mass is 402 g/mol. The summed E-state index contributed by atoms with van der Waals surface area (Å²) in [6.45, 7) is 1.07. The Morgan fingerprint density at radius 2 is 1.53 bits per heavy atom. The molecule has 4 rings (SSSR count). The van der Waals surface area contributed by atoms with Crippen molar-refractivity contribution in [3.05, 3.63) is 108 Å². The van der Waals surface area contributed by atoms with Crippen LogP contribution in [0.2, 0.25) is 0 Å². The van der Waals surface area contributed by atoms with E-state index in [-0.39, 0.29) is 12.4 Å². The summed E-state index contributed by atoms with van der Waals surface area (Å²) in [5.74, 6) is -0.276. The fourth-order valence-electron chi connectivity index (χ4n) is 3.29. The smallest absolute Gasteiger partial charge is 0.128 e. The summed E-state index contributed by atoms with van der Waals surface area (Å²) in [6.07, 6.45) is -0.611. The number of hydrogen-bond acceptors (Lipinski definition) is 4. The van der Waals surface area contributed by atoms with E-state index in [1.54, 1.807) is 18.2 Å². The summed E-state index contributed by atoms with van der Waals surface area (Å²) in [5, 5.41) is 22.8. The van der Waals surface area contributed by atoms with Gasteiger partial charge in [-0.25, -0.2) is 4.39 Å². The summed E-state index contributed by atoms with van der Waals surface area (Å²) in [5.41, 5.74) is 3.83. The van der Waals surface area contributed by atoms with Gasteiger partial charge in [0.25, 0.3) is 0 Å². The van der Waals surface area contributed by atoms with Crippen molar-refractivity contribution in [3.8, 4) is 11.3 Å². The van der Waals surface area contributed by atoms with Crippen molar-refractivity contribution in [1.82, 2.24) is 20.3 Å². The Morgan fingerprint density at radius 3 is 2.27 bits per heavy atom. The molecule has 0 aliphatic rings. The molecule has 1 aromatic heterocycles. The van der Waals surface area contributed by atoms with E-state index in [0.29, 0.717) is 18.7 Å². The third-order valence-corrected chi connectivity index (χ3v) is 4.86. The van der Waals surface area contributed by atoms with E-state index in [0.717, 1.165) is 22.5 Å². The molecule has 0 bridgehead atoms. The second kappa shape index (κ2) is 9.43. The number of nitrogens with one attached hydrogen (secondary N) is 1. The maximum atomic E-state index is 14.0. The standard InChI is InChI=1S/C24H23FN4O/c25-21-14-8-7-13-20(21)17-29-27-22(24(28-29)19-11-5-2-6-12-19)15-26-16-23(30)18-9-3-1-4-10-18/h1-14,23,26,30H,15-17H2/t23-/m0/s1. The topological polar surface area (TPSA) is 63.0 Å². The summed E-state index contributed by atoms with van der Waals surface area (Å²) in [7, 11) is 0. The van der Waals surface area contributed by atoms with Crippen molar-refractivity contribution in [1.29, 1.82) is 0 Å². The first kappa shape index (κ1) is 19.9. The van der Waals surface area contributed by atoms with Gasteiger partial charge in [0.05, 0.1) is 12.6 Å². The van der Waals surface area contributed by atoms with Crippen molar-refractivity contribution in [3.63, 3.8) is 0 Å². The molecule has 0 saturated heterocycles. The molecule has 5 nitrogen and oxygen atoms in total. The van der Waals surface area contributed by atoms with Gasteiger partial charge >= 0.3 is 0 Å². The van der Waals surface area contributed by atoms with Crippen molar-refractivity contribution in [2.24, 2.45) is 0 Å². The third-order valence-electron chi connectivity index (χ3n) is 4.86. The highest BCUT2D eigenvalue weighted by Gasteiger charge is 2.15. The highest BCUT2D eigenvalue weighted by molar-refractivity contribution is 5.60. The van der Waals surface area contributed by atoms with Gasteiger partial charge in [0.2, 0.25) is 0 Å². The van der Waals surface area contributed by atoms with Gasteiger partial charge in [-0.05, 0) is 11.6 Å². The van der Waals surface area contributed by atoms with Crippen LogP contribution >= 0.6 is 0 Å². The zero-order valence-corrected chi connectivity index (χ0v) is 16.4. The van der Waals surface area contributed by atoms with Crippen molar-refractivity contribution in [2.75, 3.05) is 6.54 Å². The molecule has 1 heterocycles. The lowest BCUT2D eigenvalue weighted by molar-refractivity contribution is 0.174. The van der Waals surface area contributed by atoms with Gasteiger partial charge in [-0.3, -0.25) is 0 Å². The fraction of sp³-hybridized carbons (Fsp3) is 0.167. The minimum Gasteiger partial charge on any atom is -0.387 e. The Bertz CT molecular complexity index is 1080. The molecule has 2 N–H and O–H groups in total. The molecule has 0 radical (unpaired) electrons. The average molecular weight is 402 g/mol. The minimum atomic E-state index is -0.611. The van der Waals surface area contributed by atoms with E-state index >= 15 is 0 Å². The molecule has 30 heavy (non-hydrogen) atoms. The summed E-state index contributed by atoms with van der Waals surface area (Å²) < 4.78 is 14.0. The molecule has 152 valence electrons. The van der Waals surface area contributed by atoms with Crippen LogP contribution in [0.3, 0.4) is 0 Å². The van der Waals surface area contributed by atoms with Crippen LogP contribution in [0, 0.1) is 5.82 Å². The highest BCUT2D eigenvalue weighted by atomic mass is 19.1. The number of aliphatic hydroxyl groups excluding tert-OH is 1. The molecule has 1 atom stereocenters. The van der Waals surface area contributed by atoms with E-state index in [4.69, 9.17) is 0 Å².